The second kappa shape index (κ2) is 10.9. The van der Waals surface area contributed by atoms with E-state index in [1.54, 1.807) is 4.90 Å². The van der Waals surface area contributed by atoms with Gasteiger partial charge in [0.15, 0.2) is 0 Å². The Hall–Kier alpha value is -2.45. The van der Waals surface area contributed by atoms with E-state index in [1.165, 1.54) is 45.3 Å². The van der Waals surface area contributed by atoms with Gasteiger partial charge >= 0.3 is 0 Å². The molecule has 0 aromatic heterocycles. The molecule has 3 fully saturated rings. The van der Waals surface area contributed by atoms with Gasteiger partial charge in [0.1, 0.15) is 18.4 Å². The van der Waals surface area contributed by atoms with Gasteiger partial charge in [-0.05, 0) is 95.3 Å². The van der Waals surface area contributed by atoms with Gasteiger partial charge in [-0.25, -0.2) is 0 Å². The van der Waals surface area contributed by atoms with Crippen LogP contribution in [0.1, 0.15) is 74.7 Å². The van der Waals surface area contributed by atoms with Gasteiger partial charge < -0.3 is 14.5 Å². The molecule has 0 spiro atoms. The first-order valence-corrected chi connectivity index (χ1v) is 13.8. The summed E-state index contributed by atoms with van der Waals surface area (Å²) < 4.78 is 6.29. The lowest BCUT2D eigenvalue weighted by Gasteiger charge is -2.41. The van der Waals surface area contributed by atoms with E-state index >= 15 is 0 Å². The van der Waals surface area contributed by atoms with Gasteiger partial charge in [0.2, 0.25) is 11.8 Å². The molecule has 2 atom stereocenters. The molecule has 4 aliphatic rings. The van der Waals surface area contributed by atoms with Gasteiger partial charge in [-0.3, -0.25) is 24.6 Å². The number of hydrogen-bond donors (Lipinski definition) is 1. The van der Waals surface area contributed by atoms with Gasteiger partial charge in [0, 0.05) is 37.2 Å². The van der Waals surface area contributed by atoms with Crippen molar-refractivity contribution in [1.82, 2.24) is 20.0 Å². The lowest BCUT2D eigenvalue weighted by atomic mass is 9.93. The van der Waals surface area contributed by atoms with E-state index in [0.29, 0.717) is 37.2 Å². The summed E-state index contributed by atoms with van der Waals surface area (Å²) in [5.74, 6) is 0.755. The van der Waals surface area contributed by atoms with Crippen LogP contribution in [0.3, 0.4) is 0 Å². The Morgan fingerprint density at radius 3 is 2.58 bits per heavy atom. The highest BCUT2D eigenvalue weighted by atomic mass is 16.5. The number of nitrogens with zero attached hydrogens (tertiary/aromatic N) is 3. The molecular formula is C28H40N4O4. The summed E-state index contributed by atoms with van der Waals surface area (Å²) in [5.41, 5.74) is 1.51. The van der Waals surface area contributed by atoms with Crippen LogP contribution in [0.5, 0.6) is 5.75 Å². The largest absolute Gasteiger partial charge is 0.492 e. The molecule has 8 nitrogen and oxygen atoms in total. The van der Waals surface area contributed by atoms with Crippen LogP contribution in [0.4, 0.5) is 0 Å². The summed E-state index contributed by atoms with van der Waals surface area (Å²) in [7, 11) is 0. The lowest BCUT2D eigenvalue weighted by molar-refractivity contribution is -0.136. The Bertz CT molecular complexity index is 988. The van der Waals surface area contributed by atoms with E-state index in [4.69, 9.17) is 4.74 Å². The number of carbonyl (C=O) groups is 3. The quantitative estimate of drug-likeness (QED) is 0.585. The van der Waals surface area contributed by atoms with Gasteiger partial charge in [-0.1, -0.05) is 6.42 Å². The van der Waals surface area contributed by atoms with Crippen molar-refractivity contribution in [2.24, 2.45) is 5.92 Å². The lowest BCUT2D eigenvalue weighted by Crippen LogP contribution is -2.52. The number of amides is 3. The number of piperidine rings is 3. The van der Waals surface area contributed by atoms with Crippen LogP contribution < -0.4 is 10.1 Å². The molecule has 4 heterocycles. The summed E-state index contributed by atoms with van der Waals surface area (Å²) in [5, 5.41) is 2.36. The van der Waals surface area contributed by atoms with Crippen molar-refractivity contribution in [1.29, 1.82) is 0 Å². The Balaban J connectivity index is 1.17. The third-order valence-corrected chi connectivity index (χ3v) is 8.56. The number of fused-ring (bicyclic) bond motifs is 1. The zero-order valence-electron chi connectivity index (χ0n) is 21.7. The summed E-state index contributed by atoms with van der Waals surface area (Å²) in [6.45, 7) is 10.4. The summed E-state index contributed by atoms with van der Waals surface area (Å²) >= 11 is 0. The first-order valence-electron chi connectivity index (χ1n) is 13.8. The molecule has 0 saturated carbocycles. The fraction of sp³-hybridized carbons (Fsp3) is 0.679. The van der Waals surface area contributed by atoms with Crippen molar-refractivity contribution in [2.75, 3.05) is 32.8 Å². The summed E-state index contributed by atoms with van der Waals surface area (Å²) in [4.78, 5) is 43.6. The van der Waals surface area contributed by atoms with Gasteiger partial charge in [-0.15, -0.1) is 0 Å². The van der Waals surface area contributed by atoms with Crippen LogP contribution in [0.15, 0.2) is 18.2 Å². The maximum Gasteiger partial charge on any atom is 0.255 e. The molecular weight excluding hydrogens is 456 g/mol. The average molecular weight is 497 g/mol. The van der Waals surface area contributed by atoms with Crippen molar-refractivity contribution in [3.05, 3.63) is 29.3 Å². The molecule has 8 heteroatoms. The van der Waals surface area contributed by atoms with Crippen molar-refractivity contribution < 1.29 is 19.1 Å². The number of nitrogens with one attached hydrogen (secondary N) is 1. The number of imide groups is 1. The van der Waals surface area contributed by atoms with Crippen LogP contribution in [-0.4, -0.2) is 83.3 Å². The van der Waals surface area contributed by atoms with E-state index in [9.17, 15) is 14.4 Å². The predicted molar refractivity (Wildman–Crippen MR) is 137 cm³/mol. The normalized spacial score (nSPS) is 26.4. The van der Waals surface area contributed by atoms with Crippen LogP contribution >= 0.6 is 0 Å². The number of rotatable bonds is 7. The number of likely N-dealkylation sites (tertiary alicyclic amines) is 2. The molecule has 36 heavy (non-hydrogen) atoms. The zero-order chi connectivity index (χ0) is 25.2. The molecule has 1 aromatic carbocycles. The molecule has 3 amide bonds. The highest BCUT2D eigenvalue weighted by Gasteiger charge is 2.39. The SMILES string of the molecule is CC(C)N1CCC(CN2CCCCC2COc2ccc3c(c2)CN(C2CCC(=O)NC2=O)C3=O)CC1. The minimum atomic E-state index is -0.588. The second-order valence-corrected chi connectivity index (χ2v) is 11.2. The molecule has 0 bridgehead atoms. The molecule has 1 N–H and O–H groups in total. The van der Waals surface area contributed by atoms with Crippen molar-refractivity contribution in [2.45, 2.75) is 83.5 Å². The van der Waals surface area contributed by atoms with Crippen LogP contribution in [0.25, 0.3) is 0 Å². The average Bonchev–Trinajstić information content (AvgIpc) is 3.19. The smallest absolute Gasteiger partial charge is 0.255 e. The Morgan fingerprint density at radius 2 is 1.83 bits per heavy atom. The maximum absolute atomic E-state index is 12.9. The second-order valence-electron chi connectivity index (χ2n) is 11.2. The monoisotopic (exact) mass is 496 g/mol. The fourth-order valence-corrected chi connectivity index (χ4v) is 6.31. The fourth-order valence-electron chi connectivity index (χ4n) is 6.31. The first-order chi connectivity index (χ1) is 17.4. The number of ether oxygens (including phenoxy) is 1. The molecule has 2 unspecified atom stereocenters. The summed E-state index contributed by atoms with van der Waals surface area (Å²) in [6.07, 6.45) is 6.88. The van der Waals surface area contributed by atoms with E-state index in [1.807, 2.05) is 18.2 Å². The minimum Gasteiger partial charge on any atom is -0.492 e. The van der Waals surface area contributed by atoms with Crippen LogP contribution in [0.2, 0.25) is 0 Å². The van der Waals surface area contributed by atoms with Crippen molar-refractivity contribution >= 4 is 17.7 Å². The van der Waals surface area contributed by atoms with Crippen LogP contribution in [0, 0.1) is 5.92 Å². The molecule has 0 aliphatic carbocycles. The van der Waals surface area contributed by atoms with Gasteiger partial charge in [-0.2, -0.15) is 0 Å². The summed E-state index contributed by atoms with van der Waals surface area (Å²) in [6, 6.07) is 6.13. The molecule has 3 saturated heterocycles. The highest BCUT2D eigenvalue weighted by molar-refractivity contribution is 6.05. The molecule has 5 rings (SSSR count). The van der Waals surface area contributed by atoms with Crippen molar-refractivity contribution in [3.63, 3.8) is 0 Å². The third kappa shape index (κ3) is 5.44. The standard InChI is InChI=1S/C28H40N4O4/c1-19(2)30-13-10-20(11-14-30)16-31-12-4-3-5-22(31)18-36-23-6-7-24-21(15-23)17-32(28(24)35)25-8-9-26(33)29-27(25)34/h6-7,15,19-20,22,25H,3-5,8-14,16-18H2,1-2H3,(H,29,33,34). The molecule has 4 aliphatic heterocycles. The molecule has 1 aromatic rings. The Labute approximate surface area is 214 Å². The highest BCUT2D eigenvalue weighted by Crippen LogP contribution is 2.31. The van der Waals surface area contributed by atoms with Gasteiger partial charge in [0.05, 0.1) is 0 Å². The van der Waals surface area contributed by atoms with E-state index in [0.717, 1.165) is 30.2 Å². The van der Waals surface area contributed by atoms with E-state index in [-0.39, 0.29) is 24.1 Å². The molecule has 196 valence electrons. The Morgan fingerprint density at radius 1 is 1.03 bits per heavy atom. The van der Waals surface area contributed by atoms with Crippen molar-refractivity contribution in [3.8, 4) is 5.75 Å². The topological polar surface area (TPSA) is 82.2 Å². The minimum absolute atomic E-state index is 0.145. The number of hydrogen-bond acceptors (Lipinski definition) is 6. The van der Waals surface area contributed by atoms with E-state index < -0.39 is 6.04 Å². The zero-order valence-corrected chi connectivity index (χ0v) is 21.7. The maximum atomic E-state index is 12.9. The first kappa shape index (κ1) is 25.2. The van der Waals surface area contributed by atoms with E-state index in [2.05, 4.69) is 29.0 Å². The third-order valence-electron chi connectivity index (χ3n) is 8.56. The predicted octanol–water partition coefficient (Wildman–Crippen LogP) is 2.80. The molecule has 0 radical (unpaired) electrons. The number of benzene rings is 1. The van der Waals surface area contributed by atoms with Crippen LogP contribution in [-0.2, 0) is 16.1 Å². The number of carbonyl (C=O) groups excluding carboxylic acids is 3. The van der Waals surface area contributed by atoms with Gasteiger partial charge in [0.25, 0.3) is 5.91 Å². The Kier molecular flexibility index (Phi) is 7.62.